The van der Waals surface area contributed by atoms with Gasteiger partial charge in [-0.05, 0) is 19.1 Å². The maximum atomic E-state index is 8.44. The summed E-state index contributed by atoms with van der Waals surface area (Å²) in [6.07, 6.45) is 0.567. The maximum Gasteiger partial charge on any atom is 0.187 e. The van der Waals surface area contributed by atoms with Gasteiger partial charge in [0, 0.05) is 17.0 Å². The monoisotopic (exact) mass is 281 g/mol. The standard InChI is InChI=1S/C12H15N3O3S/c1-9-11(7-8-18-15(16)17)19-12(13-9)14-10-5-3-2-4-6-10/h2-6,16-17H,7-8H2,1H3,(H,13,14). The molecule has 3 N–H and O–H groups in total. The summed E-state index contributed by atoms with van der Waals surface area (Å²) in [6.45, 7) is 2.10. The molecule has 0 spiro atoms. The van der Waals surface area contributed by atoms with Crippen molar-refractivity contribution in [3.8, 4) is 0 Å². The minimum Gasteiger partial charge on any atom is -0.332 e. The molecule has 1 aromatic heterocycles. The van der Waals surface area contributed by atoms with Gasteiger partial charge >= 0.3 is 0 Å². The van der Waals surface area contributed by atoms with Gasteiger partial charge in [-0.3, -0.25) is 15.3 Å². The van der Waals surface area contributed by atoms with Crippen molar-refractivity contribution in [3.05, 3.63) is 40.9 Å². The number of nitrogens with zero attached hydrogens (tertiary/aromatic N) is 2. The van der Waals surface area contributed by atoms with Crippen LogP contribution in [0.5, 0.6) is 0 Å². The van der Waals surface area contributed by atoms with Crippen molar-refractivity contribution in [2.24, 2.45) is 0 Å². The van der Waals surface area contributed by atoms with E-state index in [-0.39, 0.29) is 12.0 Å². The van der Waals surface area contributed by atoms with Gasteiger partial charge in [-0.25, -0.2) is 4.98 Å². The Morgan fingerprint density at radius 1 is 1.32 bits per heavy atom. The summed E-state index contributed by atoms with van der Waals surface area (Å²) in [5.74, 6) is 0. The Balaban J connectivity index is 1.96. The molecule has 0 amide bonds. The van der Waals surface area contributed by atoms with E-state index in [1.807, 2.05) is 37.3 Å². The molecule has 7 heteroatoms. The minimum absolute atomic E-state index is 0.181. The van der Waals surface area contributed by atoms with Gasteiger partial charge in [0.05, 0.1) is 17.7 Å². The van der Waals surface area contributed by atoms with Crippen LogP contribution in [0.4, 0.5) is 10.8 Å². The third-order valence-corrected chi connectivity index (χ3v) is 3.59. The summed E-state index contributed by atoms with van der Waals surface area (Å²) in [5, 5.41) is 20.6. The second-order valence-electron chi connectivity index (χ2n) is 3.85. The van der Waals surface area contributed by atoms with Crippen molar-refractivity contribution in [2.75, 3.05) is 11.9 Å². The van der Waals surface area contributed by atoms with Crippen molar-refractivity contribution in [1.82, 2.24) is 10.4 Å². The van der Waals surface area contributed by atoms with Gasteiger partial charge in [-0.2, -0.15) is 0 Å². The highest BCUT2D eigenvalue weighted by atomic mass is 32.1. The lowest BCUT2D eigenvalue weighted by molar-refractivity contribution is -0.492. The van der Waals surface area contributed by atoms with Crippen molar-refractivity contribution in [1.29, 1.82) is 0 Å². The Morgan fingerprint density at radius 2 is 2.05 bits per heavy atom. The molecule has 1 aromatic carbocycles. The maximum absolute atomic E-state index is 8.44. The highest BCUT2D eigenvalue weighted by molar-refractivity contribution is 7.15. The van der Waals surface area contributed by atoms with E-state index in [0.29, 0.717) is 6.42 Å². The Labute approximate surface area is 114 Å². The quantitative estimate of drug-likeness (QED) is 0.707. The smallest absolute Gasteiger partial charge is 0.187 e. The number of hydrogen-bond acceptors (Lipinski definition) is 7. The van der Waals surface area contributed by atoms with E-state index in [4.69, 9.17) is 10.4 Å². The molecule has 6 nitrogen and oxygen atoms in total. The van der Waals surface area contributed by atoms with Crippen LogP contribution in [0.25, 0.3) is 0 Å². The molecule has 0 unspecified atom stereocenters. The van der Waals surface area contributed by atoms with E-state index >= 15 is 0 Å². The predicted molar refractivity (Wildman–Crippen MR) is 71.6 cm³/mol. The molecule has 0 atom stereocenters. The van der Waals surface area contributed by atoms with Gasteiger partial charge in [-0.1, -0.05) is 18.2 Å². The number of anilines is 2. The van der Waals surface area contributed by atoms with E-state index in [1.165, 1.54) is 11.3 Å². The normalized spacial score (nSPS) is 10.9. The molecule has 0 fully saturated rings. The Hall–Kier alpha value is -1.51. The summed E-state index contributed by atoms with van der Waals surface area (Å²) < 4.78 is 0. The minimum atomic E-state index is -0.278. The van der Waals surface area contributed by atoms with Gasteiger partial charge in [0.25, 0.3) is 0 Å². The largest absolute Gasteiger partial charge is 0.332 e. The Bertz CT molecular complexity index is 516. The number of benzene rings is 1. The average molecular weight is 281 g/mol. The zero-order valence-corrected chi connectivity index (χ0v) is 11.2. The summed E-state index contributed by atoms with van der Waals surface area (Å²) >= 11 is 1.52. The summed E-state index contributed by atoms with van der Waals surface area (Å²) in [6, 6.07) is 9.80. The highest BCUT2D eigenvalue weighted by Crippen LogP contribution is 2.26. The fraction of sp³-hybridized carbons (Fsp3) is 0.250. The van der Waals surface area contributed by atoms with Gasteiger partial charge in [-0.15, -0.1) is 11.3 Å². The van der Waals surface area contributed by atoms with Gasteiger partial charge < -0.3 is 5.32 Å². The number of nitrogens with one attached hydrogen (secondary N) is 1. The fourth-order valence-electron chi connectivity index (χ4n) is 1.58. The number of para-hydroxylation sites is 1. The Morgan fingerprint density at radius 3 is 2.74 bits per heavy atom. The molecular weight excluding hydrogens is 266 g/mol. The molecule has 0 saturated carbocycles. The zero-order valence-electron chi connectivity index (χ0n) is 10.4. The Kier molecular flexibility index (Phi) is 4.83. The molecule has 0 aliphatic carbocycles. The lowest BCUT2D eigenvalue weighted by atomic mass is 10.3. The number of aromatic nitrogens is 1. The number of thiazole rings is 1. The van der Waals surface area contributed by atoms with Crippen LogP contribution in [0.3, 0.4) is 0 Å². The van der Waals surface area contributed by atoms with Gasteiger partial charge in [0.1, 0.15) is 0 Å². The first-order chi connectivity index (χ1) is 9.15. The second-order valence-corrected chi connectivity index (χ2v) is 4.94. The van der Waals surface area contributed by atoms with Crippen molar-refractivity contribution < 1.29 is 15.3 Å². The van der Waals surface area contributed by atoms with Crippen molar-refractivity contribution in [2.45, 2.75) is 13.3 Å². The highest BCUT2D eigenvalue weighted by Gasteiger charge is 2.08. The molecule has 0 radical (unpaired) electrons. The van der Waals surface area contributed by atoms with Crippen LogP contribution in [0.2, 0.25) is 0 Å². The van der Waals surface area contributed by atoms with E-state index < -0.39 is 0 Å². The molecular formula is C12H15N3O3S. The topological polar surface area (TPSA) is 77.9 Å². The lowest BCUT2D eigenvalue weighted by Crippen LogP contribution is -2.16. The first kappa shape index (κ1) is 13.9. The molecule has 0 aliphatic heterocycles. The first-order valence-corrected chi connectivity index (χ1v) is 6.56. The summed E-state index contributed by atoms with van der Waals surface area (Å²) in [7, 11) is 0. The first-order valence-electron chi connectivity index (χ1n) is 5.74. The number of rotatable bonds is 6. The molecule has 0 aliphatic rings. The number of aryl methyl sites for hydroxylation is 1. The van der Waals surface area contributed by atoms with E-state index in [2.05, 4.69) is 15.1 Å². The van der Waals surface area contributed by atoms with Crippen LogP contribution in [0.15, 0.2) is 30.3 Å². The average Bonchev–Trinajstić information content (AvgIpc) is 2.70. The van der Waals surface area contributed by atoms with E-state index in [1.54, 1.807) is 0 Å². The third kappa shape index (κ3) is 4.27. The molecule has 0 bridgehead atoms. The van der Waals surface area contributed by atoms with E-state index in [9.17, 15) is 0 Å². The molecule has 0 saturated heterocycles. The van der Waals surface area contributed by atoms with Gasteiger partial charge in [0.15, 0.2) is 5.13 Å². The van der Waals surface area contributed by atoms with Crippen LogP contribution in [-0.4, -0.2) is 27.4 Å². The van der Waals surface area contributed by atoms with E-state index in [0.717, 1.165) is 21.4 Å². The fourth-order valence-corrected chi connectivity index (χ4v) is 2.54. The predicted octanol–water partition coefficient (Wildman–Crippen LogP) is 2.75. The van der Waals surface area contributed by atoms with Crippen LogP contribution in [-0.2, 0) is 11.3 Å². The SMILES string of the molecule is Cc1nc(Nc2ccccc2)sc1CCON(O)O. The molecule has 19 heavy (non-hydrogen) atoms. The summed E-state index contributed by atoms with van der Waals surface area (Å²) in [5.41, 5.74) is 1.89. The molecule has 102 valence electrons. The van der Waals surface area contributed by atoms with Crippen LogP contribution in [0.1, 0.15) is 10.6 Å². The van der Waals surface area contributed by atoms with Crippen LogP contribution >= 0.6 is 11.3 Å². The van der Waals surface area contributed by atoms with Crippen molar-refractivity contribution in [3.63, 3.8) is 0 Å². The molecule has 2 aromatic rings. The molecule has 1 heterocycles. The van der Waals surface area contributed by atoms with Gasteiger partial charge in [0.2, 0.25) is 0 Å². The molecule has 2 rings (SSSR count). The number of hydrogen-bond donors (Lipinski definition) is 3. The van der Waals surface area contributed by atoms with Crippen molar-refractivity contribution >= 4 is 22.2 Å². The third-order valence-electron chi connectivity index (χ3n) is 2.45. The second kappa shape index (κ2) is 6.60. The summed E-state index contributed by atoms with van der Waals surface area (Å²) in [4.78, 5) is 9.99. The van der Waals surface area contributed by atoms with Crippen LogP contribution in [0, 0.1) is 6.92 Å². The lowest BCUT2D eigenvalue weighted by Gasteiger charge is -2.04. The zero-order chi connectivity index (χ0) is 13.7. The van der Waals surface area contributed by atoms with Crippen LogP contribution < -0.4 is 5.32 Å².